The first-order valence-electron chi connectivity index (χ1n) is 5.56. The Kier molecular flexibility index (Phi) is 3.14. The van der Waals surface area contributed by atoms with E-state index >= 15 is 0 Å². The number of nitrogens with one attached hydrogen (secondary N) is 1. The molecule has 1 aromatic heterocycles. The molecule has 0 amide bonds. The van der Waals surface area contributed by atoms with Crippen LogP contribution in [0.3, 0.4) is 0 Å². The normalized spacial score (nSPS) is 19.6. The largest absolute Gasteiger partial charge is 0.317 e. The molecule has 1 heterocycles. The topological polar surface area (TPSA) is 24.9 Å². The predicted molar refractivity (Wildman–Crippen MR) is 58.5 cm³/mol. The molecule has 1 unspecified atom stereocenters. The third-order valence-corrected chi connectivity index (χ3v) is 2.99. The minimum Gasteiger partial charge on any atom is -0.317 e. The molecule has 1 aliphatic carbocycles. The summed E-state index contributed by atoms with van der Waals surface area (Å²) in [5, 5.41) is 3.38. The molecule has 0 fully saturated rings. The highest BCUT2D eigenvalue weighted by Gasteiger charge is 2.22. The molecule has 14 heavy (non-hydrogen) atoms. The SMILES string of the molecule is CCNCCC1CCc2cccnc21. The molecule has 2 rings (SSSR count). The van der Waals surface area contributed by atoms with Crippen LogP contribution in [0.4, 0.5) is 0 Å². The Hall–Kier alpha value is -0.890. The van der Waals surface area contributed by atoms with Gasteiger partial charge in [-0.2, -0.15) is 0 Å². The van der Waals surface area contributed by atoms with Crippen molar-refractivity contribution in [2.24, 2.45) is 0 Å². The van der Waals surface area contributed by atoms with Crippen LogP contribution in [0, 0.1) is 0 Å². The minimum absolute atomic E-state index is 0.699. The van der Waals surface area contributed by atoms with Crippen molar-refractivity contribution < 1.29 is 0 Å². The Labute approximate surface area is 85.7 Å². The van der Waals surface area contributed by atoms with Crippen molar-refractivity contribution >= 4 is 0 Å². The number of nitrogens with zero attached hydrogens (tertiary/aromatic N) is 1. The van der Waals surface area contributed by atoms with E-state index in [0.29, 0.717) is 5.92 Å². The second-order valence-electron chi connectivity index (χ2n) is 3.93. The summed E-state index contributed by atoms with van der Waals surface area (Å²) in [7, 11) is 0. The molecular weight excluding hydrogens is 172 g/mol. The summed E-state index contributed by atoms with van der Waals surface area (Å²) < 4.78 is 0. The molecule has 0 spiro atoms. The number of aryl methyl sites for hydroxylation is 1. The van der Waals surface area contributed by atoms with Crippen LogP contribution >= 0.6 is 0 Å². The molecule has 2 heteroatoms. The van der Waals surface area contributed by atoms with E-state index in [9.17, 15) is 0 Å². The van der Waals surface area contributed by atoms with Gasteiger partial charge in [-0.3, -0.25) is 4.98 Å². The molecule has 0 saturated carbocycles. The van der Waals surface area contributed by atoms with Crippen molar-refractivity contribution in [3.8, 4) is 0 Å². The fourth-order valence-electron chi connectivity index (χ4n) is 2.23. The number of aromatic nitrogens is 1. The van der Waals surface area contributed by atoms with E-state index in [4.69, 9.17) is 0 Å². The third-order valence-electron chi connectivity index (χ3n) is 2.99. The van der Waals surface area contributed by atoms with Crippen LogP contribution in [0.2, 0.25) is 0 Å². The molecule has 0 bridgehead atoms. The van der Waals surface area contributed by atoms with Gasteiger partial charge in [-0.15, -0.1) is 0 Å². The van der Waals surface area contributed by atoms with Gasteiger partial charge in [0.15, 0.2) is 0 Å². The molecular formula is C12H18N2. The van der Waals surface area contributed by atoms with Crippen molar-refractivity contribution in [3.63, 3.8) is 0 Å². The molecule has 0 radical (unpaired) electrons. The molecule has 76 valence electrons. The fourth-order valence-corrected chi connectivity index (χ4v) is 2.23. The zero-order valence-corrected chi connectivity index (χ0v) is 8.79. The smallest absolute Gasteiger partial charge is 0.0467 e. The maximum Gasteiger partial charge on any atom is 0.0467 e. The summed E-state index contributed by atoms with van der Waals surface area (Å²) >= 11 is 0. The van der Waals surface area contributed by atoms with Crippen LogP contribution in [0.15, 0.2) is 18.3 Å². The van der Waals surface area contributed by atoms with Crippen molar-refractivity contribution in [2.75, 3.05) is 13.1 Å². The van der Waals surface area contributed by atoms with Gasteiger partial charge in [0, 0.05) is 17.8 Å². The van der Waals surface area contributed by atoms with Gasteiger partial charge in [-0.05, 0) is 44.0 Å². The maximum absolute atomic E-state index is 4.49. The van der Waals surface area contributed by atoms with Gasteiger partial charge in [0.1, 0.15) is 0 Å². The lowest BCUT2D eigenvalue weighted by atomic mass is 10.0. The van der Waals surface area contributed by atoms with Crippen LogP contribution < -0.4 is 5.32 Å². The Balaban J connectivity index is 1.96. The predicted octanol–water partition coefficient (Wildman–Crippen LogP) is 2.11. The fraction of sp³-hybridized carbons (Fsp3) is 0.583. The third kappa shape index (κ3) is 1.95. The quantitative estimate of drug-likeness (QED) is 0.736. The summed E-state index contributed by atoms with van der Waals surface area (Å²) in [4.78, 5) is 4.49. The minimum atomic E-state index is 0.699. The summed E-state index contributed by atoms with van der Waals surface area (Å²) in [5.74, 6) is 0.699. The van der Waals surface area contributed by atoms with Gasteiger partial charge in [-0.25, -0.2) is 0 Å². The zero-order chi connectivity index (χ0) is 9.80. The average Bonchev–Trinajstić information content (AvgIpc) is 2.63. The standard InChI is InChI=1S/C12H18N2/c1-2-13-9-7-11-6-5-10-4-3-8-14-12(10)11/h3-4,8,11,13H,2,5-7,9H2,1H3. The number of pyridine rings is 1. The number of hydrogen-bond donors (Lipinski definition) is 1. The molecule has 1 aromatic rings. The van der Waals surface area contributed by atoms with E-state index in [1.165, 1.54) is 30.5 Å². The van der Waals surface area contributed by atoms with E-state index in [2.05, 4.69) is 23.3 Å². The zero-order valence-electron chi connectivity index (χ0n) is 8.79. The van der Waals surface area contributed by atoms with Crippen LogP contribution in [0.1, 0.15) is 36.9 Å². The molecule has 0 aliphatic heterocycles. The Bertz CT molecular complexity index is 296. The lowest BCUT2D eigenvalue weighted by molar-refractivity contribution is 0.566. The summed E-state index contributed by atoms with van der Waals surface area (Å²) in [6, 6.07) is 4.26. The monoisotopic (exact) mass is 190 g/mol. The second kappa shape index (κ2) is 4.56. The van der Waals surface area contributed by atoms with E-state index in [1.54, 1.807) is 0 Å². The molecule has 1 N–H and O–H groups in total. The second-order valence-corrected chi connectivity index (χ2v) is 3.93. The number of fused-ring (bicyclic) bond motifs is 1. The first-order valence-corrected chi connectivity index (χ1v) is 5.56. The van der Waals surface area contributed by atoms with Gasteiger partial charge in [0.25, 0.3) is 0 Å². The summed E-state index contributed by atoms with van der Waals surface area (Å²) in [5.41, 5.74) is 2.82. The molecule has 0 saturated heterocycles. The molecule has 0 aromatic carbocycles. The van der Waals surface area contributed by atoms with Gasteiger partial charge in [-0.1, -0.05) is 13.0 Å². The Morgan fingerprint density at radius 1 is 1.57 bits per heavy atom. The van der Waals surface area contributed by atoms with Crippen LogP contribution in [0.25, 0.3) is 0 Å². The van der Waals surface area contributed by atoms with Gasteiger partial charge in [0.2, 0.25) is 0 Å². The van der Waals surface area contributed by atoms with Crippen molar-refractivity contribution in [1.82, 2.24) is 10.3 Å². The summed E-state index contributed by atoms with van der Waals surface area (Å²) in [6.07, 6.45) is 5.67. The van der Waals surface area contributed by atoms with Crippen molar-refractivity contribution in [1.29, 1.82) is 0 Å². The van der Waals surface area contributed by atoms with E-state index in [-0.39, 0.29) is 0 Å². The highest BCUT2D eigenvalue weighted by molar-refractivity contribution is 5.28. The maximum atomic E-state index is 4.49. The molecule has 1 aliphatic rings. The molecule has 1 atom stereocenters. The number of rotatable bonds is 4. The van der Waals surface area contributed by atoms with E-state index < -0.39 is 0 Å². The van der Waals surface area contributed by atoms with Crippen LogP contribution in [-0.4, -0.2) is 18.1 Å². The average molecular weight is 190 g/mol. The highest BCUT2D eigenvalue weighted by atomic mass is 14.8. The first kappa shape index (κ1) is 9.66. The van der Waals surface area contributed by atoms with E-state index in [0.717, 1.165) is 13.1 Å². The summed E-state index contributed by atoms with van der Waals surface area (Å²) in [6.45, 7) is 4.35. The van der Waals surface area contributed by atoms with Gasteiger partial charge in [0.05, 0.1) is 0 Å². The van der Waals surface area contributed by atoms with Crippen LogP contribution in [0.5, 0.6) is 0 Å². The van der Waals surface area contributed by atoms with Gasteiger partial charge < -0.3 is 5.32 Å². The van der Waals surface area contributed by atoms with E-state index in [1.807, 2.05) is 12.3 Å². The van der Waals surface area contributed by atoms with Gasteiger partial charge >= 0.3 is 0 Å². The first-order chi connectivity index (χ1) is 6.92. The lowest BCUT2D eigenvalue weighted by Gasteiger charge is -2.10. The van der Waals surface area contributed by atoms with Crippen molar-refractivity contribution in [3.05, 3.63) is 29.6 Å². The lowest BCUT2D eigenvalue weighted by Crippen LogP contribution is -2.16. The Morgan fingerprint density at radius 3 is 3.36 bits per heavy atom. The van der Waals surface area contributed by atoms with Crippen LogP contribution in [-0.2, 0) is 6.42 Å². The van der Waals surface area contributed by atoms with Crippen molar-refractivity contribution in [2.45, 2.75) is 32.1 Å². The number of hydrogen-bond acceptors (Lipinski definition) is 2. The highest BCUT2D eigenvalue weighted by Crippen LogP contribution is 2.32. The molecule has 2 nitrogen and oxygen atoms in total. The Morgan fingerprint density at radius 2 is 2.50 bits per heavy atom.